The van der Waals surface area contributed by atoms with Crippen LogP contribution in [0.3, 0.4) is 0 Å². The van der Waals surface area contributed by atoms with Crippen LogP contribution in [0.4, 0.5) is 0 Å². The summed E-state index contributed by atoms with van der Waals surface area (Å²) in [5, 5.41) is 0. The second kappa shape index (κ2) is 9.88. The van der Waals surface area contributed by atoms with E-state index in [2.05, 4.69) is 4.90 Å². The number of amides is 1. The van der Waals surface area contributed by atoms with Crippen LogP contribution >= 0.6 is 0 Å². The number of carbonyl (C=O) groups excluding carboxylic acids is 3. The Hall–Kier alpha value is -2.71. The lowest BCUT2D eigenvalue weighted by molar-refractivity contribution is -0.135. The number of fused-ring (bicyclic) bond motifs is 1. The van der Waals surface area contributed by atoms with Crippen molar-refractivity contribution in [2.75, 3.05) is 46.5 Å². The number of nitrogens with zero attached hydrogens (tertiary/aromatic N) is 2. The lowest BCUT2D eigenvalue weighted by Crippen LogP contribution is -2.39. The summed E-state index contributed by atoms with van der Waals surface area (Å²) < 4.78 is 16.5. The molecule has 1 aliphatic carbocycles. The van der Waals surface area contributed by atoms with Gasteiger partial charge in [-0.2, -0.15) is 0 Å². The Morgan fingerprint density at radius 2 is 1.79 bits per heavy atom. The lowest BCUT2D eigenvalue weighted by atomic mass is 9.77. The van der Waals surface area contributed by atoms with Gasteiger partial charge in [0.2, 0.25) is 0 Å². The maximum absolute atomic E-state index is 13.6. The van der Waals surface area contributed by atoms with Gasteiger partial charge in [0, 0.05) is 26.2 Å². The third-order valence-electron chi connectivity index (χ3n) is 7.48. The molecule has 34 heavy (non-hydrogen) atoms. The van der Waals surface area contributed by atoms with Crippen molar-refractivity contribution < 1.29 is 28.6 Å². The van der Waals surface area contributed by atoms with E-state index in [1.807, 2.05) is 12.1 Å². The summed E-state index contributed by atoms with van der Waals surface area (Å²) in [5.74, 6) is -0.501. The number of rotatable bonds is 6. The van der Waals surface area contributed by atoms with Gasteiger partial charge in [0.25, 0.3) is 5.91 Å². The highest BCUT2D eigenvalue weighted by Gasteiger charge is 2.51. The molecule has 0 aromatic heterocycles. The van der Waals surface area contributed by atoms with E-state index in [4.69, 9.17) is 14.2 Å². The quantitative estimate of drug-likeness (QED) is 0.593. The summed E-state index contributed by atoms with van der Waals surface area (Å²) in [6.45, 7) is 4.65. The summed E-state index contributed by atoms with van der Waals surface area (Å²) in [5.41, 5.74) is 1.73. The van der Waals surface area contributed by atoms with Crippen LogP contribution in [-0.2, 0) is 23.8 Å². The summed E-state index contributed by atoms with van der Waals surface area (Å²) >= 11 is 0. The maximum atomic E-state index is 13.6. The number of methoxy groups -OCH3 is 1. The largest absolute Gasteiger partial charge is 0.483 e. The zero-order chi connectivity index (χ0) is 23.7. The van der Waals surface area contributed by atoms with E-state index in [1.165, 1.54) is 7.11 Å². The Balaban J connectivity index is 1.42. The zero-order valence-electron chi connectivity index (χ0n) is 19.7. The third kappa shape index (κ3) is 4.25. The first kappa shape index (κ1) is 23.1. The smallest absolute Gasteiger partial charge is 0.337 e. The van der Waals surface area contributed by atoms with Gasteiger partial charge < -0.3 is 19.1 Å². The standard InChI is InChI=1S/C26H32N2O6/c1-32-26(31)18-9-7-17(8-10-18)22-21-23(29)19-5-2-3-6-20(19)34-24(21)25(30)28(22)12-4-11-27-13-15-33-16-14-27/h7-10,19-20,22H,2-6,11-16H2,1H3. The van der Waals surface area contributed by atoms with Crippen molar-refractivity contribution in [2.45, 2.75) is 44.2 Å². The van der Waals surface area contributed by atoms with Crippen LogP contribution in [-0.4, -0.2) is 80.1 Å². The monoisotopic (exact) mass is 468 g/mol. The van der Waals surface area contributed by atoms with E-state index in [9.17, 15) is 14.4 Å². The highest BCUT2D eigenvalue weighted by molar-refractivity contribution is 6.11. The molecular weight excluding hydrogens is 436 g/mol. The Labute approximate surface area is 199 Å². The van der Waals surface area contributed by atoms with Crippen molar-refractivity contribution in [1.82, 2.24) is 9.80 Å². The van der Waals surface area contributed by atoms with Gasteiger partial charge in [-0.05, 0) is 43.4 Å². The highest BCUT2D eigenvalue weighted by atomic mass is 16.5. The number of benzene rings is 1. The molecule has 4 aliphatic rings. The SMILES string of the molecule is COC(=O)c1ccc(C2C3=C(OC4CCCCC4C3=O)C(=O)N2CCCN2CCOCC2)cc1. The molecule has 3 atom stereocenters. The molecule has 1 saturated heterocycles. The van der Waals surface area contributed by atoms with Gasteiger partial charge in [-0.1, -0.05) is 18.6 Å². The molecule has 1 saturated carbocycles. The van der Waals surface area contributed by atoms with Gasteiger partial charge in [-0.3, -0.25) is 14.5 Å². The molecule has 0 N–H and O–H groups in total. The van der Waals surface area contributed by atoms with E-state index < -0.39 is 12.0 Å². The first-order valence-corrected chi connectivity index (χ1v) is 12.3. The summed E-state index contributed by atoms with van der Waals surface area (Å²) in [4.78, 5) is 43.2. The maximum Gasteiger partial charge on any atom is 0.337 e. The molecule has 3 unspecified atom stereocenters. The molecule has 1 amide bonds. The first-order chi connectivity index (χ1) is 16.6. The molecule has 5 rings (SSSR count). The van der Waals surface area contributed by atoms with Crippen molar-refractivity contribution in [1.29, 1.82) is 0 Å². The van der Waals surface area contributed by atoms with Crippen molar-refractivity contribution in [3.63, 3.8) is 0 Å². The van der Waals surface area contributed by atoms with Gasteiger partial charge in [0.15, 0.2) is 11.5 Å². The van der Waals surface area contributed by atoms with Crippen molar-refractivity contribution in [3.8, 4) is 0 Å². The molecule has 0 bridgehead atoms. The predicted molar refractivity (Wildman–Crippen MR) is 123 cm³/mol. The zero-order valence-corrected chi connectivity index (χ0v) is 19.7. The summed E-state index contributed by atoms with van der Waals surface area (Å²) in [6.07, 6.45) is 4.25. The van der Waals surface area contributed by atoms with Crippen LogP contribution < -0.4 is 0 Å². The number of hydrogen-bond donors (Lipinski definition) is 0. The second-order valence-corrected chi connectivity index (χ2v) is 9.48. The third-order valence-corrected chi connectivity index (χ3v) is 7.48. The molecule has 1 aromatic carbocycles. The number of morpholine rings is 1. The molecule has 8 nitrogen and oxygen atoms in total. The minimum atomic E-state index is -0.491. The van der Waals surface area contributed by atoms with E-state index in [1.54, 1.807) is 17.0 Å². The topological polar surface area (TPSA) is 85.4 Å². The number of ketones is 1. The average molecular weight is 469 g/mol. The van der Waals surface area contributed by atoms with E-state index in [0.29, 0.717) is 17.7 Å². The summed E-state index contributed by atoms with van der Waals surface area (Å²) in [7, 11) is 1.35. The predicted octanol–water partition coefficient (Wildman–Crippen LogP) is 2.49. The number of ether oxygens (including phenoxy) is 3. The van der Waals surface area contributed by atoms with E-state index in [0.717, 1.165) is 70.5 Å². The Morgan fingerprint density at radius 3 is 2.53 bits per heavy atom. The molecule has 1 aromatic rings. The fourth-order valence-electron chi connectivity index (χ4n) is 5.68. The molecular formula is C26H32N2O6. The Morgan fingerprint density at radius 1 is 1.06 bits per heavy atom. The number of esters is 1. The molecule has 182 valence electrons. The Kier molecular flexibility index (Phi) is 6.70. The minimum Gasteiger partial charge on any atom is -0.483 e. The summed E-state index contributed by atoms with van der Waals surface area (Å²) in [6, 6.07) is 6.51. The number of Topliss-reactive ketones (excluding diaryl/α,β-unsaturated/α-hetero) is 1. The van der Waals surface area contributed by atoms with Gasteiger partial charge in [-0.15, -0.1) is 0 Å². The fraction of sp³-hybridized carbons (Fsp3) is 0.577. The fourth-order valence-corrected chi connectivity index (χ4v) is 5.68. The average Bonchev–Trinajstić information content (AvgIpc) is 3.16. The van der Waals surface area contributed by atoms with E-state index in [-0.39, 0.29) is 29.5 Å². The number of hydrogen-bond acceptors (Lipinski definition) is 7. The first-order valence-electron chi connectivity index (χ1n) is 12.3. The van der Waals surface area contributed by atoms with Gasteiger partial charge in [0.05, 0.1) is 43.4 Å². The van der Waals surface area contributed by atoms with Crippen LogP contribution in [0.5, 0.6) is 0 Å². The second-order valence-electron chi connectivity index (χ2n) is 9.48. The van der Waals surface area contributed by atoms with Crippen LogP contribution in [0.15, 0.2) is 35.6 Å². The van der Waals surface area contributed by atoms with Crippen LogP contribution in [0.1, 0.15) is 54.1 Å². The van der Waals surface area contributed by atoms with E-state index >= 15 is 0 Å². The van der Waals surface area contributed by atoms with Crippen LogP contribution in [0, 0.1) is 5.92 Å². The number of carbonyl (C=O) groups is 3. The molecule has 3 aliphatic heterocycles. The Bertz CT molecular complexity index is 982. The van der Waals surface area contributed by atoms with Crippen LogP contribution in [0.2, 0.25) is 0 Å². The van der Waals surface area contributed by atoms with Gasteiger partial charge in [-0.25, -0.2) is 4.79 Å². The van der Waals surface area contributed by atoms with Crippen LogP contribution in [0.25, 0.3) is 0 Å². The van der Waals surface area contributed by atoms with Crippen molar-refractivity contribution in [3.05, 3.63) is 46.7 Å². The van der Waals surface area contributed by atoms with Gasteiger partial charge in [0.1, 0.15) is 6.10 Å². The highest BCUT2D eigenvalue weighted by Crippen LogP contribution is 2.46. The lowest BCUT2D eigenvalue weighted by Gasteiger charge is -2.35. The minimum absolute atomic E-state index is 0.0528. The molecule has 8 heteroatoms. The normalized spacial score (nSPS) is 27.3. The molecule has 0 radical (unpaired) electrons. The molecule has 2 fully saturated rings. The molecule has 0 spiro atoms. The molecule has 3 heterocycles. The van der Waals surface area contributed by atoms with Crippen molar-refractivity contribution >= 4 is 17.7 Å². The van der Waals surface area contributed by atoms with Gasteiger partial charge >= 0.3 is 5.97 Å². The van der Waals surface area contributed by atoms with Crippen molar-refractivity contribution in [2.24, 2.45) is 5.92 Å².